The third-order valence-electron chi connectivity index (χ3n) is 4.72. The van der Waals surface area contributed by atoms with Crippen molar-refractivity contribution >= 4 is 5.65 Å². The summed E-state index contributed by atoms with van der Waals surface area (Å²) in [5.74, 6) is 0. The number of likely N-dealkylation sites (tertiary alicyclic amines) is 1. The average Bonchev–Trinajstić information content (AvgIpc) is 3.19. The summed E-state index contributed by atoms with van der Waals surface area (Å²) < 4.78 is 4.11. The molecule has 4 heterocycles. The smallest absolute Gasteiger partial charge is 0.137 e. The third-order valence-corrected chi connectivity index (χ3v) is 4.72. The highest BCUT2D eigenvalue weighted by Gasteiger charge is 2.24. The molecule has 3 aromatic rings. The van der Waals surface area contributed by atoms with Crippen LogP contribution in [0.15, 0.2) is 37.1 Å². The minimum Gasteiger partial charge on any atom is -0.304 e. The van der Waals surface area contributed by atoms with Gasteiger partial charge in [0, 0.05) is 24.5 Å². The summed E-state index contributed by atoms with van der Waals surface area (Å²) >= 11 is 0. The molecule has 0 saturated carbocycles. The summed E-state index contributed by atoms with van der Waals surface area (Å²) in [7, 11) is 0. The lowest BCUT2D eigenvalue weighted by Crippen LogP contribution is -2.41. The number of piperidine rings is 1. The highest BCUT2D eigenvalue weighted by molar-refractivity contribution is 5.41. The first-order valence-electron chi connectivity index (χ1n) is 8.30. The molecule has 1 atom stereocenters. The second-order valence-corrected chi connectivity index (χ2v) is 6.37. The number of pyridine rings is 1. The van der Waals surface area contributed by atoms with Gasteiger partial charge in [0.15, 0.2) is 0 Å². The van der Waals surface area contributed by atoms with Gasteiger partial charge in [-0.3, -0.25) is 9.58 Å². The Bertz CT molecular complexity index is 776. The second kappa shape index (κ2) is 6.12. The molecule has 0 radical (unpaired) electrons. The Balaban J connectivity index is 1.53. The number of nitrogens with zero attached hydrogens (tertiary/aromatic N) is 6. The minimum absolute atomic E-state index is 0.511. The summed E-state index contributed by atoms with van der Waals surface area (Å²) in [5, 5.41) is 4.26. The van der Waals surface area contributed by atoms with Gasteiger partial charge in [0.05, 0.1) is 12.2 Å². The van der Waals surface area contributed by atoms with E-state index in [2.05, 4.69) is 50.7 Å². The predicted molar refractivity (Wildman–Crippen MR) is 88.0 cm³/mol. The fourth-order valence-electron chi connectivity index (χ4n) is 3.50. The Kier molecular flexibility index (Phi) is 3.83. The highest BCUT2D eigenvalue weighted by Crippen LogP contribution is 2.21. The van der Waals surface area contributed by atoms with E-state index in [1.807, 2.05) is 4.68 Å². The van der Waals surface area contributed by atoms with Crippen LogP contribution in [0, 0.1) is 6.92 Å². The summed E-state index contributed by atoms with van der Waals surface area (Å²) in [6.45, 7) is 5.06. The van der Waals surface area contributed by atoms with Crippen LogP contribution >= 0.6 is 0 Å². The molecule has 120 valence electrons. The number of rotatable bonds is 4. The van der Waals surface area contributed by atoms with Gasteiger partial charge in [0.2, 0.25) is 0 Å². The third kappa shape index (κ3) is 2.99. The Morgan fingerprint density at radius 1 is 1.26 bits per heavy atom. The monoisotopic (exact) mass is 310 g/mol. The Labute approximate surface area is 135 Å². The molecule has 6 heteroatoms. The summed E-state index contributed by atoms with van der Waals surface area (Å²) in [4.78, 5) is 11.4. The molecule has 0 spiro atoms. The van der Waals surface area contributed by atoms with E-state index in [1.54, 1.807) is 12.7 Å². The van der Waals surface area contributed by atoms with Gasteiger partial charge in [-0.15, -0.1) is 0 Å². The van der Waals surface area contributed by atoms with Gasteiger partial charge in [-0.1, -0.05) is 12.5 Å². The van der Waals surface area contributed by atoms with Gasteiger partial charge in [0.1, 0.15) is 18.3 Å². The molecule has 0 amide bonds. The van der Waals surface area contributed by atoms with Crippen LogP contribution in [0.5, 0.6) is 0 Å². The lowest BCUT2D eigenvalue weighted by atomic mass is 10.0. The maximum atomic E-state index is 4.79. The zero-order valence-electron chi connectivity index (χ0n) is 13.5. The van der Waals surface area contributed by atoms with Crippen LogP contribution in [0.1, 0.15) is 30.7 Å². The molecular formula is C17H22N6. The van der Waals surface area contributed by atoms with Crippen LogP contribution in [-0.4, -0.2) is 41.6 Å². The molecule has 1 aliphatic heterocycles. The molecule has 1 aliphatic rings. The standard InChI is InChI=1S/C17H22N6/c1-14-5-4-7-17-20-15(10-23(14)17)9-21-8-3-2-6-16(21)11-22-13-18-12-19-22/h4-5,7,10,12-13,16H,2-3,6,8-9,11H2,1H3/t16-/m1/s1. The number of hydrogen-bond donors (Lipinski definition) is 0. The fourth-order valence-corrected chi connectivity index (χ4v) is 3.50. The van der Waals surface area contributed by atoms with Crippen molar-refractivity contribution in [2.24, 2.45) is 0 Å². The van der Waals surface area contributed by atoms with Crippen LogP contribution in [0.2, 0.25) is 0 Å². The molecule has 0 bridgehead atoms. The first kappa shape index (κ1) is 14.4. The Hall–Kier alpha value is -2.21. The van der Waals surface area contributed by atoms with Gasteiger partial charge in [-0.2, -0.15) is 5.10 Å². The van der Waals surface area contributed by atoms with E-state index in [0.29, 0.717) is 6.04 Å². The lowest BCUT2D eigenvalue weighted by molar-refractivity contribution is 0.120. The summed E-state index contributed by atoms with van der Waals surface area (Å²) in [5.41, 5.74) is 3.40. The van der Waals surface area contributed by atoms with Crippen molar-refractivity contribution in [3.63, 3.8) is 0 Å². The van der Waals surface area contributed by atoms with Gasteiger partial charge >= 0.3 is 0 Å². The van der Waals surface area contributed by atoms with Crippen LogP contribution in [0.3, 0.4) is 0 Å². The largest absolute Gasteiger partial charge is 0.304 e. The fraction of sp³-hybridized carbons (Fsp3) is 0.471. The molecule has 0 aromatic carbocycles. The van der Waals surface area contributed by atoms with Crippen molar-refractivity contribution in [3.05, 3.63) is 48.4 Å². The van der Waals surface area contributed by atoms with Gasteiger partial charge in [-0.05, 0) is 38.4 Å². The predicted octanol–water partition coefficient (Wildman–Crippen LogP) is 2.29. The van der Waals surface area contributed by atoms with Crippen molar-refractivity contribution in [3.8, 4) is 0 Å². The minimum atomic E-state index is 0.511. The quantitative estimate of drug-likeness (QED) is 0.742. The lowest BCUT2D eigenvalue weighted by Gasteiger charge is -2.35. The Morgan fingerprint density at radius 2 is 2.22 bits per heavy atom. The van der Waals surface area contributed by atoms with Crippen LogP contribution in [0.25, 0.3) is 5.65 Å². The van der Waals surface area contributed by atoms with E-state index < -0.39 is 0 Å². The first-order chi connectivity index (χ1) is 11.3. The van der Waals surface area contributed by atoms with Gasteiger partial charge < -0.3 is 4.40 Å². The zero-order valence-corrected chi connectivity index (χ0v) is 13.5. The van der Waals surface area contributed by atoms with E-state index in [-0.39, 0.29) is 0 Å². The SMILES string of the molecule is Cc1cccc2nc(CN3CCCC[C@@H]3Cn3cncn3)cn12. The van der Waals surface area contributed by atoms with E-state index in [1.165, 1.54) is 25.0 Å². The van der Waals surface area contributed by atoms with E-state index in [0.717, 1.165) is 31.0 Å². The number of aryl methyl sites for hydroxylation is 1. The first-order valence-corrected chi connectivity index (χ1v) is 8.30. The summed E-state index contributed by atoms with van der Waals surface area (Å²) in [6, 6.07) is 6.76. The summed E-state index contributed by atoms with van der Waals surface area (Å²) in [6.07, 6.45) is 9.36. The molecule has 0 aliphatic carbocycles. The molecule has 6 nitrogen and oxygen atoms in total. The van der Waals surface area contributed by atoms with E-state index in [9.17, 15) is 0 Å². The van der Waals surface area contributed by atoms with E-state index in [4.69, 9.17) is 4.98 Å². The number of fused-ring (bicyclic) bond motifs is 1. The number of aromatic nitrogens is 5. The normalized spacial score (nSPS) is 19.4. The molecule has 4 rings (SSSR count). The van der Waals surface area contributed by atoms with Crippen molar-refractivity contribution < 1.29 is 0 Å². The van der Waals surface area contributed by atoms with Crippen LogP contribution < -0.4 is 0 Å². The Morgan fingerprint density at radius 3 is 3.04 bits per heavy atom. The molecule has 1 saturated heterocycles. The molecule has 0 unspecified atom stereocenters. The van der Waals surface area contributed by atoms with Gasteiger partial charge in [0.25, 0.3) is 0 Å². The van der Waals surface area contributed by atoms with Crippen molar-refractivity contribution in [1.82, 2.24) is 29.0 Å². The van der Waals surface area contributed by atoms with Crippen LogP contribution in [0.4, 0.5) is 0 Å². The molecule has 1 fully saturated rings. The zero-order chi connectivity index (χ0) is 15.6. The number of imidazole rings is 1. The average molecular weight is 310 g/mol. The maximum Gasteiger partial charge on any atom is 0.137 e. The molecule has 0 N–H and O–H groups in total. The highest BCUT2D eigenvalue weighted by atomic mass is 15.3. The van der Waals surface area contributed by atoms with Crippen LogP contribution in [-0.2, 0) is 13.1 Å². The maximum absolute atomic E-state index is 4.79. The molecular weight excluding hydrogens is 288 g/mol. The van der Waals surface area contributed by atoms with E-state index >= 15 is 0 Å². The second-order valence-electron chi connectivity index (χ2n) is 6.37. The topological polar surface area (TPSA) is 51.2 Å². The van der Waals surface area contributed by atoms with Gasteiger partial charge in [-0.25, -0.2) is 9.97 Å². The van der Waals surface area contributed by atoms with Crippen molar-refractivity contribution in [2.75, 3.05) is 6.54 Å². The molecule has 23 heavy (non-hydrogen) atoms. The van der Waals surface area contributed by atoms with Crippen molar-refractivity contribution in [2.45, 2.75) is 45.3 Å². The molecule has 3 aromatic heterocycles. The number of hydrogen-bond acceptors (Lipinski definition) is 4. The van der Waals surface area contributed by atoms with Crippen molar-refractivity contribution in [1.29, 1.82) is 0 Å².